The molecule has 0 heterocycles. The molecule has 1 aliphatic carbocycles. The lowest BCUT2D eigenvalue weighted by molar-refractivity contribution is -0.157. The Labute approximate surface area is 109 Å². The van der Waals surface area contributed by atoms with Gasteiger partial charge in [-0.25, -0.2) is 4.79 Å². The van der Waals surface area contributed by atoms with Crippen LogP contribution in [-0.4, -0.2) is 35.0 Å². The van der Waals surface area contributed by atoms with Gasteiger partial charge in [0.05, 0.1) is 0 Å². The summed E-state index contributed by atoms with van der Waals surface area (Å²) in [6.45, 7) is 6.67. The summed E-state index contributed by atoms with van der Waals surface area (Å²) in [7, 11) is 1.58. The molecular formula is C14H25NO3. The molecule has 0 aromatic rings. The predicted octanol–water partition coefficient (Wildman–Crippen LogP) is 2.52. The molecule has 1 N–H and O–H groups in total. The predicted molar refractivity (Wildman–Crippen MR) is 70.2 cm³/mol. The fraction of sp³-hybridized carbons (Fsp3) is 0.857. The Bertz CT molecular complexity index is 317. The molecule has 1 rings (SSSR count). The summed E-state index contributed by atoms with van der Waals surface area (Å²) < 4.78 is 0. The minimum atomic E-state index is -0.984. The van der Waals surface area contributed by atoms with Crippen molar-refractivity contribution in [2.24, 2.45) is 11.3 Å². The number of carbonyl (C=O) groups is 2. The van der Waals surface area contributed by atoms with Crippen LogP contribution in [0.1, 0.15) is 52.9 Å². The Hall–Kier alpha value is -1.06. The standard InChI is InChI=1S/C14H25NO3/c1-5-13(2,3)11-6-8-14(9-7-11,12(17)18)15(4)10-16/h10-11H,5-9H2,1-4H3,(H,17,18). The highest BCUT2D eigenvalue weighted by molar-refractivity contribution is 5.81. The van der Waals surface area contributed by atoms with Crippen LogP contribution in [0, 0.1) is 11.3 Å². The van der Waals surface area contributed by atoms with Gasteiger partial charge in [-0.15, -0.1) is 0 Å². The van der Waals surface area contributed by atoms with Crippen LogP contribution < -0.4 is 0 Å². The third kappa shape index (κ3) is 2.52. The summed E-state index contributed by atoms with van der Waals surface area (Å²) in [5.41, 5.74) is -0.730. The number of amides is 1. The molecule has 0 saturated heterocycles. The molecule has 4 nitrogen and oxygen atoms in total. The zero-order chi connectivity index (χ0) is 14.0. The Kier molecular flexibility index (Phi) is 4.41. The molecule has 4 heteroatoms. The summed E-state index contributed by atoms with van der Waals surface area (Å²) in [6, 6.07) is 0. The SMILES string of the molecule is CCC(C)(C)C1CCC(C(=O)O)(N(C)C=O)CC1. The zero-order valence-corrected chi connectivity index (χ0v) is 11.9. The van der Waals surface area contributed by atoms with Crippen LogP contribution in [0.15, 0.2) is 0 Å². The average Bonchev–Trinajstić information content (AvgIpc) is 2.37. The molecule has 104 valence electrons. The number of aliphatic carboxylic acids is 1. The van der Waals surface area contributed by atoms with E-state index < -0.39 is 11.5 Å². The minimum absolute atomic E-state index is 0.254. The first-order valence-electron chi connectivity index (χ1n) is 6.72. The van der Waals surface area contributed by atoms with Crippen molar-refractivity contribution in [1.82, 2.24) is 4.90 Å². The van der Waals surface area contributed by atoms with Crippen LogP contribution in [-0.2, 0) is 9.59 Å². The molecule has 0 aliphatic heterocycles. The topological polar surface area (TPSA) is 57.6 Å². The number of carbonyl (C=O) groups excluding carboxylic acids is 1. The van der Waals surface area contributed by atoms with Crippen LogP contribution in [0.2, 0.25) is 0 Å². The summed E-state index contributed by atoms with van der Waals surface area (Å²) in [5.74, 6) is -0.320. The highest BCUT2D eigenvalue weighted by Crippen LogP contribution is 2.44. The van der Waals surface area contributed by atoms with Crippen molar-refractivity contribution in [3.8, 4) is 0 Å². The quantitative estimate of drug-likeness (QED) is 0.768. The van der Waals surface area contributed by atoms with Crippen LogP contribution in [0.4, 0.5) is 0 Å². The van der Waals surface area contributed by atoms with E-state index in [9.17, 15) is 14.7 Å². The number of hydrogen-bond acceptors (Lipinski definition) is 2. The van der Waals surface area contributed by atoms with Crippen molar-refractivity contribution in [3.63, 3.8) is 0 Å². The van der Waals surface area contributed by atoms with Gasteiger partial charge in [0.1, 0.15) is 5.54 Å². The number of nitrogens with zero attached hydrogens (tertiary/aromatic N) is 1. The second kappa shape index (κ2) is 5.29. The molecule has 0 aromatic heterocycles. The van der Waals surface area contributed by atoms with E-state index in [4.69, 9.17) is 0 Å². The number of hydrogen-bond donors (Lipinski definition) is 1. The van der Waals surface area contributed by atoms with Crippen LogP contribution in [0.3, 0.4) is 0 Å². The lowest BCUT2D eigenvalue weighted by Gasteiger charge is -2.45. The van der Waals surface area contributed by atoms with Gasteiger partial charge in [-0.2, -0.15) is 0 Å². The Morgan fingerprint density at radius 2 is 1.94 bits per heavy atom. The van der Waals surface area contributed by atoms with Crippen LogP contribution in [0.5, 0.6) is 0 Å². The second-order valence-corrected chi connectivity index (χ2v) is 6.17. The van der Waals surface area contributed by atoms with Crippen molar-refractivity contribution in [3.05, 3.63) is 0 Å². The molecule has 18 heavy (non-hydrogen) atoms. The molecule has 1 aliphatic rings. The lowest BCUT2D eigenvalue weighted by atomic mass is 9.65. The maximum atomic E-state index is 11.5. The third-order valence-corrected chi connectivity index (χ3v) is 5.06. The minimum Gasteiger partial charge on any atom is -0.479 e. The summed E-state index contributed by atoms with van der Waals surface area (Å²) in [4.78, 5) is 23.8. The van der Waals surface area contributed by atoms with Gasteiger partial charge >= 0.3 is 5.97 Å². The molecule has 0 radical (unpaired) electrons. The number of rotatable bonds is 5. The van der Waals surface area contributed by atoms with Crippen molar-refractivity contribution in [2.75, 3.05) is 7.05 Å². The Balaban J connectivity index is 2.82. The molecule has 0 bridgehead atoms. The smallest absolute Gasteiger partial charge is 0.329 e. The fourth-order valence-electron chi connectivity index (χ4n) is 2.98. The zero-order valence-electron chi connectivity index (χ0n) is 11.9. The van der Waals surface area contributed by atoms with Gasteiger partial charge in [0.2, 0.25) is 6.41 Å². The van der Waals surface area contributed by atoms with E-state index in [1.807, 2.05) is 0 Å². The molecule has 0 unspecified atom stereocenters. The van der Waals surface area contributed by atoms with Crippen LogP contribution >= 0.6 is 0 Å². The second-order valence-electron chi connectivity index (χ2n) is 6.17. The molecule has 0 spiro atoms. The highest BCUT2D eigenvalue weighted by atomic mass is 16.4. The lowest BCUT2D eigenvalue weighted by Crippen LogP contribution is -2.55. The van der Waals surface area contributed by atoms with E-state index in [1.54, 1.807) is 7.05 Å². The first kappa shape index (κ1) is 15.0. The van der Waals surface area contributed by atoms with Crippen LogP contribution in [0.25, 0.3) is 0 Å². The fourth-order valence-corrected chi connectivity index (χ4v) is 2.98. The molecule has 1 amide bonds. The maximum absolute atomic E-state index is 11.5. The first-order chi connectivity index (χ1) is 8.30. The van der Waals surface area contributed by atoms with Gasteiger partial charge in [-0.05, 0) is 37.0 Å². The largest absolute Gasteiger partial charge is 0.479 e. The number of carboxylic acid groups (broad SMARTS) is 1. The van der Waals surface area contributed by atoms with E-state index in [-0.39, 0.29) is 5.41 Å². The summed E-state index contributed by atoms with van der Waals surface area (Å²) in [5, 5.41) is 9.44. The normalized spacial score (nSPS) is 28.8. The van der Waals surface area contributed by atoms with Gasteiger partial charge in [0.15, 0.2) is 0 Å². The maximum Gasteiger partial charge on any atom is 0.329 e. The highest BCUT2D eigenvalue weighted by Gasteiger charge is 2.47. The molecule has 0 atom stereocenters. The molecule has 1 fully saturated rings. The molecular weight excluding hydrogens is 230 g/mol. The summed E-state index contributed by atoms with van der Waals surface area (Å²) in [6.07, 6.45) is 4.62. The monoisotopic (exact) mass is 255 g/mol. The number of carboxylic acids is 1. The van der Waals surface area contributed by atoms with Crippen molar-refractivity contribution >= 4 is 12.4 Å². The Morgan fingerprint density at radius 3 is 2.28 bits per heavy atom. The summed E-state index contributed by atoms with van der Waals surface area (Å²) >= 11 is 0. The molecule has 1 saturated carbocycles. The van der Waals surface area contributed by atoms with Crippen molar-refractivity contribution < 1.29 is 14.7 Å². The average molecular weight is 255 g/mol. The van der Waals surface area contributed by atoms with E-state index >= 15 is 0 Å². The number of likely N-dealkylation sites (N-methyl/N-ethyl adjacent to an activating group) is 1. The van der Waals surface area contributed by atoms with Gasteiger partial charge in [-0.1, -0.05) is 27.2 Å². The van der Waals surface area contributed by atoms with Gasteiger partial charge < -0.3 is 10.0 Å². The van der Waals surface area contributed by atoms with Gasteiger partial charge in [0.25, 0.3) is 0 Å². The van der Waals surface area contributed by atoms with Crippen molar-refractivity contribution in [1.29, 1.82) is 0 Å². The Morgan fingerprint density at radius 1 is 1.44 bits per heavy atom. The molecule has 0 aromatic carbocycles. The third-order valence-electron chi connectivity index (χ3n) is 5.06. The first-order valence-corrected chi connectivity index (χ1v) is 6.72. The van der Waals surface area contributed by atoms with E-state index in [2.05, 4.69) is 20.8 Å². The van der Waals surface area contributed by atoms with E-state index in [1.165, 1.54) is 4.90 Å². The van der Waals surface area contributed by atoms with E-state index in [0.717, 1.165) is 19.3 Å². The van der Waals surface area contributed by atoms with Crippen molar-refractivity contribution in [2.45, 2.75) is 58.4 Å². The van der Waals surface area contributed by atoms with Gasteiger partial charge in [-0.3, -0.25) is 4.79 Å². The van der Waals surface area contributed by atoms with Gasteiger partial charge in [0, 0.05) is 7.05 Å². The van der Waals surface area contributed by atoms with E-state index in [0.29, 0.717) is 25.2 Å².